The Balaban J connectivity index is 2.32. The lowest BCUT2D eigenvalue weighted by Gasteiger charge is -2.30. The van der Waals surface area contributed by atoms with Gasteiger partial charge in [-0.15, -0.1) is 0 Å². The molecule has 0 radical (unpaired) electrons. The van der Waals surface area contributed by atoms with Crippen molar-refractivity contribution in [1.29, 1.82) is 0 Å². The molecule has 2 aromatic rings. The van der Waals surface area contributed by atoms with E-state index in [0.717, 1.165) is 17.5 Å². The van der Waals surface area contributed by atoms with Gasteiger partial charge in [0, 0.05) is 28.2 Å². The van der Waals surface area contributed by atoms with Crippen molar-refractivity contribution in [3.63, 3.8) is 0 Å². The van der Waals surface area contributed by atoms with Gasteiger partial charge < -0.3 is 10.2 Å². The first-order valence-electron chi connectivity index (χ1n) is 9.81. The van der Waals surface area contributed by atoms with Crippen molar-refractivity contribution in [2.75, 3.05) is 0 Å². The number of aryl methyl sites for hydroxylation is 1. The Morgan fingerprint density at radius 1 is 1.03 bits per heavy atom. The van der Waals surface area contributed by atoms with Crippen LogP contribution in [0, 0.1) is 6.92 Å². The fraction of sp³-hybridized carbons (Fsp3) is 0.391. The van der Waals surface area contributed by atoms with Crippen molar-refractivity contribution in [3.05, 3.63) is 69.2 Å². The molecule has 0 heterocycles. The molecule has 2 atom stereocenters. The molecule has 0 aliphatic carbocycles. The summed E-state index contributed by atoms with van der Waals surface area (Å²) in [6.45, 7) is 7.81. The Labute approximate surface area is 183 Å². The molecule has 2 rings (SSSR count). The van der Waals surface area contributed by atoms with E-state index in [1.807, 2.05) is 45.0 Å². The topological polar surface area (TPSA) is 49.4 Å². The van der Waals surface area contributed by atoms with Crippen LogP contribution in [0.15, 0.2) is 42.5 Å². The predicted molar refractivity (Wildman–Crippen MR) is 119 cm³/mol. The lowest BCUT2D eigenvalue weighted by Crippen LogP contribution is -2.50. The smallest absolute Gasteiger partial charge is 0.242 e. The molecule has 2 aromatic carbocycles. The van der Waals surface area contributed by atoms with Gasteiger partial charge in [0.1, 0.15) is 6.04 Å². The van der Waals surface area contributed by atoms with Gasteiger partial charge in [0.2, 0.25) is 11.8 Å². The van der Waals surface area contributed by atoms with E-state index in [2.05, 4.69) is 5.32 Å². The zero-order valence-corrected chi connectivity index (χ0v) is 18.8. The second-order valence-electron chi connectivity index (χ2n) is 7.32. The van der Waals surface area contributed by atoms with E-state index in [1.54, 1.807) is 30.0 Å². The highest BCUT2D eigenvalue weighted by Crippen LogP contribution is 2.27. The van der Waals surface area contributed by atoms with Gasteiger partial charge in [-0.1, -0.05) is 60.5 Å². The molecule has 29 heavy (non-hydrogen) atoms. The average Bonchev–Trinajstić information content (AvgIpc) is 2.68. The normalized spacial score (nSPS) is 12.9. The third-order valence-electron chi connectivity index (χ3n) is 5.16. The minimum atomic E-state index is -0.659. The minimum Gasteiger partial charge on any atom is -0.352 e. The molecular weight excluding hydrogens is 407 g/mol. The summed E-state index contributed by atoms with van der Waals surface area (Å²) >= 11 is 12.7. The van der Waals surface area contributed by atoms with E-state index in [0.29, 0.717) is 15.6 Å². The number of benzene rings is 2. The number of rotatable bonds is 8. The van der Waals surface area contributed by atoms with Crippen molar-refractivity contribution in [2.24, 2.45) is 0 Å². The molecule has 0 aromatic heterocycles. The Hall–Kier alpha value is -2.04. The van der Waals surface area contributed by atoms with Crippen LogP contribution in [0.1, 0.15) is 43.9 Å². The van der Waals surface area contributed by atoms with E-state index in [9.17, 15) is 9.59 Å². The van der Waals surface area contributed by atoms with E-state index in [1.165, 1.54) is 0 Å². The maximum absolute atomic E-state index is 13.3. The zero-order chi connectivity index (χ0) is 21.6. The average molecular weight is 435 g/mol. The van der Waals surface area contributed by atoms with Crippen molar-refractivity contribution in [1.82, 2.24) is 10.2 Å². The zero-order valence-electron chi connectivity index (χ0n) is 17.3. The van der Waals surface area contributed by atoms with E-state index in [-0.39, 0.29) is 30.8 Å². The molecule has 2 amide bonds. The van der Waals surface area contributed by atoms with Crippen molar-refractivity contribution >= 4 is 35.0 Å². The number of carbonyl (C=O) groups excluding carboxylic acids is 2. The number of hydrogen-bond donors (Lipinski definition) is 1. The van der Waals surface area contributed by atoms with Crippen molar-refractivity contribution in [3.8, 4) is 0 Å². The van der Waals surface area contributed by atoms with Gasteiger partial charge in [-0.2, -0.15) is 0 Å². The summed E-state index contributed by atoms with van der Waals surface area (Å²) in [6.07, 6.45) is 1.02. The highest BCUT2D eigenvalue weighted by Gasteiger charge is 2.28. The Kier molecular flexibility index (Phi) is 8.54. The van der Waals surface area contributed by atoms with Gasteiger partial charge in [-0.25, -0.2) is 0 Å². The Morgan fingerprint density at radius 2 is 1.66 bits per heavy atom. The number of halogens is 2. The highest BCUT2D eigenvalue weighted by molar-refractivity contribution is 6.36. The number of nitrogens with one attached hydrogen (secondary N) is 1. The SMILES string of the molecule is CC[C@@H](C)NC(=O)[C@@H](C)N(Cc1c(Cl)cccc1Cl)C(=O)Cc1ccccc1C. The minimum absolute atomic E-state index is 0.0298. The predicted octanol–water partition coefficient (Wildman–Crippen LogP) is 5.18. The molecule has 0 unspecified atom stereocenters. The van der Waals surface area contributed by atoms with E-state index < -0.39 is 6.04 Å². The monoisotopic (exact) mass is 434 g/mol. The number of carbonyl (C=O) groups is 2. The molecule has 4 nitrogen and oxygen atoms in total. The summed E-state index contributed by atoms with van der Waals surface area (Å²) in [5.74, 6) is -0.345. The van der Waals surface area contributed by atoms with Crippen LogP contribution in [0.5, 0.6) is 0 Å². The Bertz CT molecular complexity index is 849. The summed E-state index contributed by atoms with van der Waals surface area (Å²) in [7, 11) is 0. The van der Waals surface area contributed by atoms with Crippen LogP contribution in [-0.4, -0.2) is 28.8 Å². The summed E-state index contributed by atoms with van der Waals surface area (Å²) < 4.78 is 0. The number of nitrogens with zero attached hydrogens (tertiary/aromatic N) is 1. The fourth-order valence-electron chi connectivity index (χ4n) is 2.97. The molecule has 0 saturated heterocycles. The second kappa shape index (κ2) is 10.7. The molecule has 1 N–H and O–H groups in total. The quantitative estimate of drug-likeness (QED) is 0.622. The standard InChI is InChI=1S/C23H28Cl2N2O2/c1-5-16(3)26-23(29)17(4)27(14-19-20(24)11-8-12-21(19)25)22(28)13-18-10-7-6-9-15(18)2/h6-12,16-17H,5,13-14H2,1-4H3,(H,26,29)/t16-,17-/m1/s1. The van der Waals surface area contributed by atoms with Crippen LogP contribution in [0.4, 0.5) is 0 Å². The maximum Gasteiger partial charge on any atom is 0.242 e. The molecule has 6 heteroatoms. The Morgan fingerprint density at radius 3 is 2.24 bits per heavy atom. The van der Waals surface area contributed by atoms with Crippen LogP contribution < -0.4 is 5.32 Å². The summed E-state index contributed by atoms with van der Waals surface area (Å²) in [6, 6.07) is 12.3. The maximum atomic E-state index is 13.3. The van der Waals surface area contributed by atoms with E-state index in [4.69, 9.17) is 23.2 Å². The molecule has 0 bridgehead atoms. The van der Waals surface area contributed by atoms with Gasteiger partial charge in [0.25, 0.3) is 0 Å². The van der Waals surface area contributed by atoms with Gasteiger partial charge in [0.05, 0.1) is 6.42 Å². The third-order valence-corrected chi connectivity index (χ3v) is 5.87. The number of hydrogen-bond acceptors (Lipinski definition) is 2. The molecule has 0 aliphatic rings. The summed E-state index contributed by atoms with van der Waals surface area (Å²) in [5.41, 5.74) is 2.60. The molecule has 0 saturated carbocycles. The largest absolute Gasteiger partial charge is 0.352 e. The first kappa shape index (κ1) is 23.2. The van der Waals surface area contributed by atoms with Crippen molar-refractivity contribution < 1.29 is 9.59 Å². The fourth-order valence-corrected chi connectivity index (χ4v) is 3.49. The summed E-state index contributed by atoms with van der Waals surface area (Å²) in [5, 5.41) is 3.90. The molecule has 0 fully saturated rings. The van der Waals surface area contributed by atoms with Crippen LogP contribution in [0.3, 0.4) is 0 Å². The summed E-state index contributed by atoms with van der Waals surface area (Å²) in [4.78, 5) is 27.6. The molecule has 156 valence electrons. The lowest BCUT2D eigenvalue weighted by molar-refractivity contribution is -0.140. The molecular formula is C23H28Cl2N2O2. The van der Waals surface area contributed by atoms with Crippen molar-refractivity contribution in [2.45, 2.75) is 59.2 Å². The van der Waals surface area contributed by atoms with E-state index >= 15 is 0 Å². The van der Waals surface area contributed by atoms with Crippen LogP contribution in [0.2, 0.25) is 10.0 Å². The lowest BCUT2D eigenvalue weighted by atomic mass is 10.0. The van der Waals surface area contributed by atoms with Crippen LogP contribution in [0.25, 0.3) is 0 Å². The highest BCUT2D eigenvalue weighted by atomic mass is 35.5. The first-order valence-corrected chi connectivity index (χ1v) is 10.6. The molecule has 0 spiro atoms. The van der Waals surface area contributed by atoms with Gasteiger partial charge in [-0.05, 0) is 50.5 Å². The van der Waals surface area contributed by atoms with Gasteiger partial charge >= 0.3 is 0 Å². The second-order valence-corrected chi connectivity index (χ2v) is 8.13. The third kappa shape index (κ3) is 6.22. The number of amides is 2. The van der Waals surface area contributed by atoms with Crippen LogP contribution >= 0.6 is 23.2 Å². The van der Waals surface area contributed by atoms with Gasteiger partial charge in [0.15, 0.2) is 0 Å². The molecule has 0 aliphatic heterocycles. The van der Waals surface area contributed by atoms with Crippen LogP contribution in [-0.2, 0) is 22.6 Å². The first-order chi connectivity index (χ1) is 13.7. The van der Waals surface area contributed by atoms with Gasteiger partial charge in [-0.3, -0.25) is 9.59 Å².